The minimum atomic E-state index is -0.969. The largest absolute Gasteiger partial charge is 0.342 e. The lowest BCUT2D eigenvalue weighted by atomic mass is 9.79. The maximum atomic E-state index is 13.0. The lowest BCUT2D eigenvalue weighted by Gasteiger charge is -2.31. The fourth-order valence-electron chi connectivity index (χ4n) is 3.98. The van der Waals surface area contributed by atoms with Crippen LogP contribution in [0.3, 0.4) is 0 Å². The number of carbonyl (C=O) groups is 1. The monoisotopic (exact) mass is 363 g/mol. The van der Waals surface area contributed by atoms with Crippen molar-refractivity contribution in [3.05, 3.63) is 51.3 Å². The Bertz CT molecular complexity index is 985. The number of benzene rings is 1. The number of aromatic amines is 1. The number of hydrogen-bond acceptors (Lipinski definition) is 5. The zero-order chi connectivity index (χ0) is 19.0. The van der Waals surface area contributed by atoms with Crippen LogP contribution in [0.4, 0.5) is 11.8 Å². The lowest BCUT2D eigenvalue weighted by molar-refractivity contribution is -0.119. The molecule has 0 radical (unpaired) electrons. The topological polar surface area (TPSA) is 102 Å². The van der Waals surface area contributed by atoms with E-state index in [2.05, 4.69) is 21.4 Å². The number of nitriles is 1. The molecule has 3 heterocycles. The summed E-state index contributed by atoms with van der Waals surface area (Å²) in [4.78, 5) is 35.0. The normalized spacial score (nSPS) is 21.9. The zero-order valence-corrected chi connectivity index (χ0v) is 15.2. The molecule has 0 bridgehead atoms. The fourth-order valence-corrected chi connectivity index (χ4v) is 3.98. The molecule has 0 aliphatic carbocycles. The van der Waals surface area contributed by atoms with Crippen LogP contribution in [0.5, 0.6) is 0 Å². The SMILES string of the molecule is Cc1cccc(C2c3c(nc(N4CCCCC4)[nH]c3=O)NC(=O)C2C#N)c1. The summed E-state index contributed by atoms with van der Waals surface area (Å²) in [6.07, 6.45) is 3.27. The van der Waals surface area contributed by atoms with Crippen molar-refractivity contribution in [1.82, 2.24) is 9.97 Å². The van der Waals surface area contributed by atoms with Gasteiger partial charge in [0, 0.05) is 19.0 Å². The third-order valence-electron chi connectivity index (χ3n) is 5.31. The first-order valence-corrected chi connectivity index (χ1v) is 9.24. The third kappa shape index (κ3) is 3.08. The summed E-state index contributed by atoms with van der Waals surface area (Å²) >= 11 is 0. The highest BCUT2D eigenvalue weighted by atomic mass is 16.2. The van der Waals surface area contributed by atoms with Crippen molar-refractivity contribution < 1.29 is 4.79 Å². The van der Waals surface area contributed by atoms with Crippen LogP contribution in [-0.4, -0.2) is 29.0 Å². The minimum absolute atomic E-state index is 0.266. The molecule has 0 spiro atoms. The van der Waals surface area contributed by atoms with Crippen LogP contribution in [0, 0.1) is 24.2 Å². The van der Waals surface area contributed by atoms with Gasteiger partial charge in [-0.3, -0.25) is 14.6 Å². The maximum absolute atomic E-state index is 13.0. The van der Waals surface area contributed by atoms with Gasteiger partial charge in [0.1, 0.15) is 11.7 Å². The highest BCUT2D eigenvalue weighted by molar-refractivity contribution is 5.98. The number of piperidine rings is 1. The van der Waals surface area contributed by atoms with E-state index >= 15 is 0 Å². The van der Waals surface area contributed by atoms with Crippen LogP contribution in [-0.2, 0) is 4.79 Å². The highest BCUT2D eigenvalue weighted by Gasteiger charge is 2.40. The predicted molar refractivity (Wildman–Crippen MR) is 102 cm³/mol. The van der Waals surface area contributed by atoms with Crippen molar-refractivity contribution in [3.8, 4) is 6.07 Å². The Morgan fingerprint density at radius 2 is 2.00 bits per heavy atom. The lowest BCUT2D eigenvalue weighted by Crippen LogP contribution is -2.40. The Kier molecular flexibility index (Phi) is 4.40. The van der Waals surface area contributed by atoms with E-state index in [9.17, 15) is 14.9 Å². The molecule has 138 valence electrons. The number of rotatable bonds is 2. The van der Waals surface area contributed by atoms with Gasteiger partial charge in [0.25, 0.3) is 5.56 Å². The zero-order valence-electron chi connectivity index (χ0n) is 15.2. The quantitative estimate of drug-likeness (QED) is 0.852. The molecular weight excluding hydrogens is 342 g/mol. The molecular formula is C20H21N5O2. The molecule has 0 saturated carbocycles. The second-order valence-corrected chi connectivity index (χ2v) is 7.19. The Labute approximate surface area is 157 Å². The van der Waals surface area contributed by atoms with Crippen LogP contribution in [0.25, 0.3) is 0 Å². The number of anilines is 2. The number of H-pyrrole nitrogens is 1. The molecule has 2 aromatic rings. The van der Waals surface area contributed by atoms with Gasteiger partial charge in [-0.1, -0.05) is 29.8 Å². The molecule has 4 rings (SSSR count). The molecule has 2 aliphatic heterocycles. The van der Waals surface area contributed by atoms with Crippen molar-refractivity contribution in [2.24, 2.45) is 5.92 Å². The molecule has 7 nitrogen and oxygen atoms in total. The summed E-state index contributed by atoms with van der Waals surface area (Å²) < 4.78 is 0. The smallest absolute Gasteiger partial charge is 0.258 e. The summed E-state index contributed by atoms with van der Waals surface area (Å²) in [7, 11) is 0. The van der Waals surface area contributed by atoms with E-state index in [1.165, 1.54) is 6.42 Å². The average Bonchev–Trinajstić information content (AvgIpc) is 2.67. The molecule has 2 unspecified atom stereocenters. The predicted octanol–water partition coefficient (Wildman–Crippen LogP) is 2.29. The van der Waals surface area contributed by atoms with E-state index in [1.54, 1.807) is 0 Å². The van der Waals surface area contributed by atoms with E-state index in [0.29, 0.717) is 11.5 Å². The van der Waals surface area contributed by atoms with Gasteiger partial charge < -0.3 is 10.2 Å². The van der Waals surface area contributed by atoms with Crippen molar-refractivity contribution in [2.75, 3.05) is 23.3 Å². The number of fused-ring (bicyclic) bond motifs is 1. The number of nitrogens with zero attached hydrogens (tertiary/aromatic N) is 3. The number of aryl methyl sites for hydroxylation is 1. The van der Waals surface area contributed by atoms with Gasteiger partial charge in [-0.05, 0) is 31.7 Å². The Morgan fingerprint density at radius 3 is 2.70 bits per heavy atom. The minimum Gasteiger partial charge on any atom is -0.342 e. The van der Waals surface area contributed by atoms with Gasteiger partial charge in [0.2, 0.25) is 11.9 Å². The van der Waals surface area contributed by atoms with Gasteiger partial charge >= 0.3 is 0 Å². The van der Waals surface area contributed by atoms with E-state index < -0.39 is 17.7 Å². The Balaban J connectivity index is 1.85. The number of amides is 1. The molecule has 2 atom stereocenters. The molecule has 1 amide bonds. The Morgan fingerprint density at radius 1 is 1.22 bits per heavy atom. The second-order valence-electron chi connectivity index (χ2n) is 7.19. The molecule has 27 heavy (non-hydrogen) atoms. The van der Waals surface area contributed by atoms with E-state index in [4.69, 9.17) is 0 Å². The maximum Gasteiger partial charge on any atom is 0.258 e. The van der Waals surface area contributed by atoms with Crippen LogP contribution < -0.4 is 15.8 Å². The summed E-state index contributed by atoms with van der Waals surface area (Å²) in [6.45, 7) is 3.60. The van der Waals surface area contributed by atoms with E-state index in [-0.39, 0.29) is 11.4 Å². The van der Waals surface area contributed by atoms with Gasteiger partial charge in [0.05, 0.1) is 11.6 Å². The van der Waals surface area contributed by atoms with Gasteiger partial charge in [-0.25, -0.2) is 0 Å². The molecule has 2 aliphatic rings. The van der Waals surface area contributed by atoms with Crippen molar-refractivity contribution in [1.29, 1.82) is 5.26 Å². The summed E-state index contributed by atoms with van der Waals surface area (Å²) in [5.74, 6) is -1.27. The average molecular weight is 363 g/mol. The van der Waals surface area contributed by atoms with E-state index in [0.717, 1.165) is 37.1 Å². The molecule has 1 fully saturated rings. The van der Waals surface area contributed by atoms with Gasteiger partial charge in [-0.15, -0.1) is 0 Å². The molecule has 2 N–H and O–H groups in total. The number of aromatic nitrogens is 2. The molecule has 7 heteroatoms. The summed E-state index contributed by atoms with van der Waals surface area (Å²) in [5.41, 5.74) is 1.83. The summed E-state index contributed by atoms with van der Waals surface area (Å²) in [6, 6.07) is 9.64. The first-order valence-electron chi connectivity index (χ1n) is 9.24. The fraction of sp³-hybridized carbons (Fsp3) is 0.400. The van der Waals surface area contributed by atoms with Crippen molar-refractivity contribution in [2.45, 2.75) is 32.1 Å². The molecule has 1 aromatic carbocycles. The Hall–Kier alpha value is -3.14. The summed E-state index contributed by atoms with van der Waals surface area (Å²) in [5, 5.41) is 12.3. The standard InChI is InChI=1S/C20H21N5O2/c1-12-6-5-7-13(10-12)15-14(11-21)18(26)22-17-16(15)19(27)24-20(23-17)25-8-3-2-4-9-25/h5-7,10,14-15H,2-4,8-9H2,1H3,(H2,22,23,24,26,27). The number of hydrogen-bond donors (Lipinski definition) is 2. The highest BCUT2D eigenvalue weighted by Crippen LogP contribution is 2.38. The number of nitrogens with one attached hydrogen (secondary N) is 2. The van der Waals surface area contributed by atoms with Gasteiger partial charge in [0.15, 0.2) is 0 Å². The first kappa shape index (κ1) is 17.3. The van der Waals surface area contributed by atoms with E-state index in [1.807, 2.05) is 36.1 Å². The molecule has 1 saturated heterocycles. The second kappa shape index (κ2) is 6.88. The molecule has 1 aromatic heterocycles. The van der Waals surface area contributed by atoms with Crippen LogP contribution >= 0.6 is 0 Å². The van der Waals surface area contributed by atoms with Crippen molar-refractivity contribution >= 4 is 17.7 Å². The van der Waals surface area contributed by atoms with Crippen LogP contribution in [0.2, 0.25) is 0 Å². The van der Waals surface area contributed by atoms with Gasteiger partial charge in [-0.2, -0.15) is 10.2 Å². The number of carbonyl (C=O) groups excluding carboxylic acids is 1. The van der Waals surface area contributed by atoms with Crippen molar-refractivity contribution in [3.63, 3.8) is 0 Å². The first-order chi connectivity index (χ1) is 13.1. The van der Waals surface area contributed by atoms with Crippen LogP contribution in [0.1, 0.15) is 41.9 Å². The third-order valence-corrected chi connectivity index (χ3v) is 5.31. The van der Waals surface area contributed by atoms with Crippen LogP contribution in [0.15, 0.2) is 29.1 Å².